The van der Waals surface area contributed by atoms with Crippen molar-refractivity contribution in [3.63, 3.8) is 0 Å². The molecular weight excluding hydrogens is 360 g/mol. The van der Waals surface area contributed by atoms with Crippen molar-refractivity contribution >= 4 is 22.4 Å². The molecule has 0 atom stereocenters. The number of hydrogen-bond acceptors (Lipinski definition) is 5. The number of nitrogens with zero attached hydrogens (tertiary/aromatic N) is 2. The van der Waals surface area contributed by atoms with Crippen LogP contribution in [0.5, 0.6) is 5.75 Å². The van der Waals surface area contributed by atoms with E-state index >= 15 is 0 Å². The van der Waals surface area contributed by atoms with E-state index in [2.05, 4.69) is 4.98 Å². The number of anilines is 1. The van der Waals surface area contributed by atoms with Gasteiger partial charge in [0.05, 0.1) is 18.8 Å². The Morgan fingerprint density at radius 3 is 2.56 bits per heavy atom. The van der Waals surface area contributed by atoms with Gasteiger partial charge in [0, 0.05) is 18.1 Å². The quantitative estimate of drug-likeness (QED) is 0.587. The number of benzene rings is 2. The van der Waals surface area contributed by atoms with Crippen LogP contribution in [0, 0.1) is 6.92 Å². The molecule has 0 aliphatic carbocycles. The molecule has 27 heavy (non-hydrogen) atoms. The van der Waals surface area contributed by atoms with Crippen molar-refractivity contribution in [1.82, 2.24) is 4.98 Å². The third-order valence-corrected chi connectivity index (χ3v) is 4.86. The molecule has 6 heteroatoms. The first-order chi connectivity index (χ1) is 13.2. The van der Waals surface area contributed by atoms with Gasteiger partial charge in [0.2, 0.25) is 0 Å². The lowest BCUT2D eigenvalue weighted by Gasteiger charge is -2.19. The van der Waals surface area contributed by atoms with Crippen molar-refractivity contribution in [1.29, 1.82) is 0 Å². The van der Waals surface area contributed by atoms with Gasteiger partial charge in [-0.15, -0.1) is 11.3 Å². The molecule has 0 N–H and O–H groups in total. The molecule has 140 valence electrons. The van der Waals surface area contributed by atoms with E-state index in [1.165, 1.54) is 11.3 Å². The average molecular weight is 382 g/mol. The maximum atomic E-state index is 12.7. The summed E-state index contributed by atoms with van der Waals surface area (Å²) in [7, 11) is 1.61. The summed E-state index contributed by atoms with van der Waals surface area (Å²) in [5, 5.41) is 2.60. The van der Waals surface area contributed by atoms with Gasteiger partial charge in [0.1, 0.15) is 5.75 Å². The molecule has 3 aromatic rings. The summed E-state index contributed by atoms with van der Waals surface area (Å²) in [4.78, 5) is 19.0. The Kier molecular flexibility index (Phi) is 6.57. The Balaban J connectivity index is 1.72. The maximum Gasteiger partial charge on any atom is 0.266 e. The van der Waals surface area contributed by atoms with Gasteiger partial charge in [0.25, 0.3) is 5.91 Å². The number of carbonyl (C=O) groups is 1. The largest absolute Gasteiger partial charge is 0.484 e. The Morgan fingerprint density at radius 2 is 1.85 bits per heavy atom. The van der Waals surface area contributed by atoms with Gasteiger partial charge >= 0.3 is 0 Å². The molecule has 0 bridgehead atoms. The summed E-state index contributed by atoms with van der Waals surface area (Å²) < 4.78 is 10.8. The van der Waals surface area contributed by atoms with E-state index in [4.69, 9.17) is 9.47 Å². The molecule has 0 fully saturated rings. The third kappa shape index (κ3) is 5.15. The summed E-state index contributed by atoms with van der Waals surface area (Å²) in [6.45, 7) is 2.81. The summed E-state index contributed by atoms with van der Waals surface area (Å²) in [6.07, 6.45) is 0. The molecule has 1 aromatic heterocycles. The van der Waals surface area contributed by atoms with Gasteiger partial charge in [-0.3, -0.25) is 9.69 Å². The van der Waals surface area contributed by atoms with Crippen LogP contribution in [-0.4, -0.2) is 37.8 Å². The van der Waals surface area contributed by atoms with Crippen molar-refractivity contribution in [2.45, 2.75) is 6.92 Å². The van der Waals surface area contributed by atoms with Gasteiger partial charge < -0.3 is 9.47 Å². The molecule has 0 aliphatic rings. The van der Waals surface area contributed by atoms with Crippen LogP contribution >= 0.6 is 11.3 Å². The summed E-state index contributed by atoms with van der Waals surface area (Å²) >= 11 is 1.44. The molecule has 3 rings (SSSR count). The second-order valence-electron chi connectivity index (χ2n) is 6.02. The first-order valence-corrected chi connectivity index (χ1v) is 9.55. The normalized spacial score (nSPS) is 10.6. The molecule has 1 heterocycles. The fourth-order valence-electron chi connectivity index (χ4n) is 2.50. The first-order valence-electron chi connectivity index (χ1n) is 8.67. The van der Waals surface area contributed by atoms with Crippen LogP contribution in [0.25, 0.3) is 11.3 Å². The Labute approximate surface area is 163 Å². The summed E-state index contributed by atoms with van der Waals surface area (Å²) in [6, 6.07) is 17.5. The zero-order chi connectivity index (χ0) is 19.1. The minimum atomic E-state index is -0.151. The van der Waals surface area contributed by atoms with E-state index in [-0.39, 0.29) is 12.5 Å². The van der Waals surface area contributed by atoms with Gasteiger partial charge in [-0.25, -0.2) is 4.98 Å². The van der Waals surface area contributed by atoms with Crippen molar-refractivity contribution in [2.75, 3.05) is 31.8 Å². The number of aryl methyl sites for hydroxylation is 1. The van der Waals surface area contributed by atoms with Crippen LogP contribution in [-0.2, 0) is 9.53 Å². The molecule has 0 radical (unpaired) electrons. The number of thiazole rings is 1. The number of aromatic nitrogens is 1. The smallest absolute Gasteiger partial charge is 0.266 e. The standard InChI is InChI=1S/C21H22N2O3S/c1-16-8-10-18(11-9-16)26-14-20(24)23(12-13-25-2)21-22-19(15-27-21)17-6-4-3-5-7-17/h3-11,15H,12-14H2,1-2H3. The number of hydrogen-bond donors (Lipinski definition) is 0. The predicted octanol–water partition coefficient (Wildman–Crippen LogP) is 4.18. The second-order valence-corrected chi connectivity index (χ2v) is 6.86. The second kappa shape index (κ2) is 9.30. The Hall–Kier alpha value is -2.70. The van der Waals surface area contributed by atoms with Crippen LogP contribution in [0.2, 0.25) is 0 Å². The maximum absolute atomic E-state index is 12.7. The number of ether oxygens (including phenoxy) is 2. The van der Waals surface area contributed by atoms with E-state index < -0.39 is 0 Å². The number of carbonyl (C=O) groups excluding carboxylic acids is 1. The fraction of sp³-hybridized carbons (Fsp3) is 0.238. The van der Waals surface area contributed by atoms with Crippen molar-refractivity contribution in [2.24, 2.45) is 0 Å². The molecule has 1 amide bonds. The highest BCUT2D eigenvalue weighted by Crippen LogP contribution is 2.27. The highest BCUT2D eigenvalue weighted by atomic mass is 32.1. The topological polar surface area (TPSA) is 51.7 Å². The molecule has 2 aromatic carbocycles. The zero-order valence-electron chi connectivity index (χ0n) is 15.4. The first kappa shape index (κ1) is 19.1. The molecular formula is C21H22N2O3S. The van der Waals surface area contributed by atoms with Crippen LogP contribution in [0.3, 0.4) is 0 Å². The minimum absolute atomic E-state index is 0.0486. The van der Waals surface area contributed by atoms with Crippen molar-refractivity contribution < 1.29 is 14.3 Å². The van der Waals surface area contributed by atoms with Gasteiger partial charge in [-0.05, 0) is 19.1 Å². The lowest BCUT2D eigenvalue weighted by atomic mass is 10.2. The van der Waals surface area contributed by atoms with Crippen molar-refractivity contribution in [3.05, 3.63) is 65.5 Å². The Morgan fingerprint density at radius 1 is 1.11 bits per heavy atom. The lowest BCUT2D eigenvalue weighted by Crippen LogP contribution is -2.37. The lowest BCUT2D eigenvalue weighted by molar-refractivity contribution is -0.120. The van der Waals surface area contributed by atoms with E-state index in [1.54, 1.807) is 12.0 Å². The molecule has 0 unspecified atom stereocenters. The van der Waals surface area contributed by atoms with Gasteiger partial charge in [0.15, 0.2) is 11.7 Å². The van der Waals surface area contributed by atoms with Crippen LogP contribution in [0.4, 0.5) is 5.13 Å². The highest BCUT2D eigenvalue weighted by Gasteiger charge is 2.20. The number of rotatable bonds is 8. The molecule has 0 spiro atoms. The molecule has 0 saturated carbocycles. The van der Waals surface area contributed by atoms with Gasteiger partial charge in [-0.1, -0.05) is 48.0 Å². The average Bonchev–Trinajstić information content (AvgIpc) is 3.18. The minimum Gasteiger partial charge on any atom is -0.484 e. The van der Waals surface area contributed by atoms with E-state index in [0.29, 0.717) is 24.0 Å². The van der Waals surface area contributed by atoms with E-state index in [1.807, 2.05) is 66.9 Å². The highest BCUT2D eigenvalue weighted by molar-refractivity contribution is 7.14. The molecule has 0 aliphatic heterocycles. The Bertz CT molecular complexity index is 863. The van der Waals surface area contributed by atoms with Crippen molar-refractivity contribution in [3.8, 4) is 17.0 Å². The van der Waals surface area contributed by atoms with E-state index in [0.717, 1.165) is 16.8 Å². The fourth-order valence-corrected chi connectivity index (χ4v) is 3.37. The van der Waals surface area contributed by atoms with E-state index in [9.17, 15) is 4.79 Å². The number of amides is 1. The number of methoxy groups -OCH3 is 1. The van der Waals surface area contributed by atoms with Gasteiger partial charge in [-0.2, -0.15) is 0 Å². The third-order valence-electron chi connectivity index (χ3n) is 4.00. The van der Waals surface area contributed by atoms with Crippen LogP contribution < -0.4 is 9.64 Å². The molecule has 5 nitrogen and oxygen atoms in total. The zero-order valence-corrected chi connectivity index (χ0v) is 16.2. The van der Waals surface area contributed by atoms with Crippen LogP contribution in [0.1, 0.15) is 5.56 Å². The summed E-state index contributed by atoms with van der Waals surface area (Å²) in [5.74, 6) is 0.520. The predicted molar refractivity (Wildman–Crippen MR) is 108 cm³/mol. The summed E-state index contributed by atoms with van der Waals surface area (Å²) in [5.41, 5.74) is 3.02. The SMILES string of the molecule is COCCN(C(=O)COc1ccc(C)cc1)c1nc(-c2ccccc2)cs1. The molecule has 0 saturated heterocycles. The van der Waals surface area contributed by atoms with Crippen LogP contribution in [0.15, 0.2) is 60.0 Å². The monoisotopic (exact) mass is 382 g/mol.